The second kappa shape index (κ2) is 10.3. The molecule has 0 aliphatic heterocycles. The summed E-state index contributed by atoms with van der Waals surface area (Å²) >= 11 is 0. The van der Waals surface area contributed by atoms with Crippen LogP contribution in [0, 0.1) is 0 Å². The molecule has 0 spiro atoms. The highest BCUT2D eigenvalue weighted by Gasteiger charge is 2.30. The number of aromatic nitrogens is 2. The van der Waals surface area contributed by atoms with Gasteiger partial charge in [0.1, 0.15) is 17.2 Å². The van der Waals surface area contributed by atoms with Crippen molar-refractivity contribution in [1.29, 1.82) is 0 Å². The van der Waals surface area contributed by atoms with Crippen LogP contribution in [0.1, 0.15) is 67.0 Å². The number of benzene rings is 2. The van der Waals surface area contributed by atoms with Crippen LogP contribution < -0.4 is 4.74 Å². The smallest absolute Gasteiger partial charge is 0.416 e. The van der Waals surface area contributed by atoms with Gasteiger partial charge in [0.2, 0.25) is 5.89 Å². The molecule has 4 aromatic rings. The molecule has 9 heteroatoms. The summed E-state index contributed by atoms with van der Waals surface area (Å²) in [5, 5.41) is 0.850. The zero-order valence-corrected chi connectivity index (χ0v) is 21.3. The molecule has 0 radical (unpaired) electrons. The van der Waals surface area contributed by atoms with Gasteiger partial charge in [0, 0.05) is 23.5 Å². The molecule has 0 N–H and O–H groups in total. The Labute approximate surface area is 213 Å². The van der Waals surface area contributed by atoms with Gasteiger partial charge in [-0.1, -0.05) is 20.8 Å². The average Bonchev–Trinajstić information content (AvgIpc) is 3.44. The summed E-state index contributed by atoms with van der Waals surface area (Å²) in [5.41, 5.74) is 1.83. The van der Waals surface area contributed by atoms with E-state index in [2.05, 4.69) is 4.98 Å². The van der Waals surface area contributed by atoms with Crippen LogP contribution in [-0.4, -0.2) is 28.7 Å². The fourth-order valence-electron chi connectivity index (χ4n) is 4.15. The molecule has 196 valence electrons. The number of ether oxygens (including phenoxy) is 2. The van der Waals surface area contributed by atoms with Crippen LogP contribution in [0.4, 0.5) is 13.2 Å². The highest BCUT2D eigenvalue weighted by Crippen LogP contribution is 2.34. The van der Waals surface area contributed by atoms with Crippen LogP contribution in [0.2, 0.25) is 0 Å². The molecule has 0 amide bonds. The first-order valence-electron chi connectivity index (χ1n) is 12.1. The van der Waals surface area contributed by atoms with Crippen molar-refractivity contribution in [3.8, 4) is 17.2 Å². The minimum absolute atomic E-state index is 0.0476. The van der Waals surface area contributed by atoms with E-state index in [1.807, 2.05) is 46.0 Å². The Morgan fingerprint density at radius 2 is 1.78 bits per heavy atom. The maximum absolute atomic E-state index is 12.9. The molecule has 0 saturated heterocycles. The Morgan fingerprint density at radius 1 is 1.08 bits per heavy atom. The minimum Gasteiger partial charge on any atom is -0.493 e. The molecule has 4 rings (SSSR count). The van der Waals surface area contributed by atoms with Crippen LogP contribution in [-0.2, 0) is 18.0 Å². The van der Waals surface area contributed by atoms with Gasteiger partial charge in [-0.15, -0.1) is 0 Å². The molecule has 2 heterocycles. The average molecular weight is 515 g/mol. The molecule has 37 heavy (non-hydrogen) atoms. The fraction of sp³-hybridized carbons (Fsp3) is 0.357. The summed E-state index contributed by atoms with van der Waals surface area (Å²) in [7, 11) is 1.81. The van der Waals surface area contributed by atoms with Gasteiger partial charge in [0.15, 0.2) is 0 Å². The van der Waals surface area contributed by atoms with Gasteiger partial charge in [-0.3, -0.25) is 0 Å². The number of esters is 1. The van der Waals surface area contributed by atoms with Gasteiger partial charge >= 0.3 is 12.1 Å². The van der Waals surface area contributed by atoms with Crippen molar-refractivity contribution in [1.82, 2.24) is 9.55 Å². The summed E-state index contributed by atoms with van der Waals surface area (Å²) in [4.78, 5) is 16.8. The second-order valence-corrected chi connectivity index (χ2v) is 9.24. The van der Waals surface area contributed by atoms with Gasteiger partial charge < -0.3 is 18.5 Å². The summed E-state index contributed by atoms with van der Waals surface area (Å²) in [5.74, 6) is 1.04. The van der Waals surface area contributed by atoms with Crippen LogP contribution >= 0.6 is 0 Å². The van der Waals surface area contributed by atoms with Crippen molar-refractivity contribution in [3.05, 3.63) is 71.2 Å². The third-order valence-electron chi connectivity index (χ3n) is 6.13. The lowest BCUT2D eigenvalue weighted by Gasteiger charge is -2.13. The van der Waals surface area contributed by atoms with Gasteiger partial charge in [0.05, 0.1) is 30.4 Å². The molecule has 2 aromatic heterocycles. The van der Waals surface area contributed by atoms with E-state index in [9.17, 15) is 18.0 Å². The van der Waals surface area contributed by atoms with E-state index in [4.69, 9.17) is 13.9 Å². The third kappa shape index (κ3) is 5.50. The van der Waals surface area contributed by atoms with E-state index in [1.54, 1.807) is 17.6 Å². The molecule has 2 aromatic carbocycles. The first kappa shape index (κ1) is 26.3. The van der Waals surface area contributed by atoms with Crippen molar-refractivity contribution in [2.75, 3.05) is 13.2 Å². The Hall–Kier alpha value is -3.75. The van der Waals surface area contributed by atoms with Gasteiger partial charge in [0.25, 0.3) is 0 Å². The number of fused-ring (bicyclic) bond motifs is 1. The topological polar surface area (TPSA) is 66.5 Å². The number of carbonyl (C=O) groups excluding carboxylic acids is 1. The molecule has 1 atom stereocenters. The summed E-state index contributed by atoms with van der Waals surface area (Å²) in [6.07, 6.45) is -4.40. The number of aryl methyl sites for hydroxylation is 1. The summed E-state index contributed by atoms with van der Waals surface area (Å²) in [6.45, 7) is 8.27. The van der Waals surface area contributed by atoms with Crippen molar-refractivity contribution in [2.45, 2.75) is 45.7 Å². The highest BCUT2D eigenvalue weighted by atomic mass is 19.4. The number of hydrogen-bond acceptors (Lipinski definition) is 5. The molecule has 0 aliphatic rings. The molecular weight excluding hydrogens is 485 g/mol. The number of hydrogen-bond donors (Lipinski definition) is 0. The molecule has 0 aliphatic carbocycles. The largest absolute Gasteiger partial charge is 0.493 e. The van der Waals surface area contributed by atoms with Gasteiger partial charge in [-0.25, -0.2) is 9.78 Å². The third-order valence-corrected chi connectivity index (χ3v) is 6.13. The van der Waals surface area contributed by atoms with E-state index in [0.717, 1.165) is 28.7 Å². The van der Waals surface area contributed by atoms with E-state index < -0.39 is 11.7 Å². The van der Waals surface area contributed by atoms with Crippen LogP contribution in [0.25, 0.3) is 22.4 Å². The van der Waals surface area contributed by atoms with Crippen molar-refractivity contribution in [3.63, 3.8) is 0 Å². The van der Waals surface area contributed by atoms with Gasteiger partial charge in [-0.2, -0.15) is 13.2 Å². The summed E-state index contributed by atoms with van der Waals surface area (Å²) in [6, 6.07) is 12.1. The number of rotatable bonds is 8. The van der Waals surface area contributed by atoms with E-state index in [1.165, 1.54) is 12.1 Å². The van der Waals surface area contributed by atoms with Crippen molar-refractivity contribution >= 4 is 16.9 Å². The second-order valence-electron chi connectivity index (χ2n) is 9.24. The molecule has 0 saturated carbocycles. The number of oxazole rings is 1. The Balaban J connectivity index is 1.53. The summed E-state index contributed by atoms with van der Waals surface area (Å²) < 4.78 is 57.8. The minimum atomic E-state index is -4.40. The normalized spacial score (nSPS) is 12.8. The van der Waals surface area contributed by atoms with E-state index in [0.29, 0.717) is 36.0 Å². The zero-order valence-electron chi connectivity index (χ0n) is 21.3. The Kier molecular flexibility index (Phi) is 7.34. The maximum Gasteiger partial charge on any atom is 0.416 e. The van der Waals surface area contributed by atoms with Crippen LogP contribution in [0.3, 0.4) is 0 Å². The highest BCUT2D eigenvalue weighted by molar-refractivity contribution is 5.96. The quantitative estimate of drug-likeness (QED) is 0.230. The lowest BCUT2D eigenvalue weighted by atomic mass is 10.0. The Morgan fingerprint density at radius 3 is 2.41 bits per heavy atom. The molecule has 0 fully saturated rings. The monoisotopic (exact) mass is 514 g/mol. The van der Waals surface area contributed by atoms with Crippen molar-refractivity contribution in [2.24, 2.45) is 7.05 Å². The molecule has 6 nitrogen and oxygen atoms in total. The lowest BCUT2D eigenvalue weighted by Crippen LogP contribution is -2.09. The maximum atomic E-state index is 12.9. The van der Waals surface area contributed by atoms with Gasteiger partial charge in [-0.05, 0) is 61.4 Å². The van der Waals surface area contributed by atoms with E-state index in [-0.39, 0.29) is 23.7 Å². The number of alkyl halides is 3. The van der Waals surface area contributed by atoms with Crippen LogP contribution in [0.15, 0.2) is 52.9 Å². The Bertz CT molecular complexity index is 1400. The number of halogens is 3. The zero-order chi connectivity index (χ0) is 26.9. The van der Waals surface area contributed by atoms with Crippen molar-refractivity contribution < 1.29 is 31.9 Å². The van der Waals surface area contributed by atoms with Crippen LogP contribution in [0.5, 0.6) is 5.75 Å². The molecule has 1 unspecified atom stereocenters. The standard InChI is InChI=1S/C28H29F3N2O4/c1-6-35-27(34)23-14-19-13-21(11-12-22(19)33(23)5)36-15-17(4)25-24(16(2)3)32-26(37-25)18-7-9-20(10-8-18)28(29,30)31/h7-14,16-17H,6,15H2,1-5H3. The number of carbonyl (C=O) groups is 1. The predicted molar refractivity (Wildman–Crippen MR) is 134 cm³/mol. The number of nitrogens with zero attached hydrogens (tertiary/aromatic N) is 2. The predicted octanol–water partition coefficient (Wildman–Crippen LogP) is 7.33. The first-order chi connectivity index (χ1) is 17.5. The fourth-order valence-corrected chi connectivity index (χ4v) is 4.15. The molecular formula is C28H29F3N2O4. The SMILES string of the molecule is CCOC(=O)c1cc2cc(OCC(C)c3oc(-c4ccc(C(F)(F)F)cc4)nc3C(C)C)ccc2n1C. The van der Waals surface area contributed by atoms with E-state index >= 15 is 0 Å². The molecule has 0 bridgehead atoms. The first-order valence-corrected chi connectivity index (χ1v) is 12.1. The lowest BCUT2D eigenvalue weighted by molar-refractivity contribution is -0.137.